The Morgan fingerprint density at radius 1 is 0.258 bits per heavy atom. The topological polar surface area (TPSA) is 3.24 Å². The van der Waals surface area contributed by atoms with Crippen LogP contribution in [0, 0.1) is 0 Å². The summed E-state index contributed by atoms with van der Waals surface area (Å²) < 4.78 is 2.64. The maximum atomic E-state index is 2.45. The lowest BCUT2D eigenvalue weighted by Crippen LogP contribution is -2.11. The minimum Gasteiger partial charge on any atom is -0.310 e. The van der Waals surface area contributed by atoms with E-state index in [-0.39, 0.29) is 0 Å². The molecule has 0 N–H and O–H groups in total. The molecule has 0 spiro atoms. The van der Waals surface area contributed by atoms with Crippen LogP contribution in [-0.4, -0.2) is 0 Å². The van der Waals surface area contributed by atoms with Gasteiger partial charge in [0.1, 0.15) is 0 Å². The van der Waals surface area contributed by atoms with Crippen LogP contribution >= 0.6 is 11.3 Å². The molecular formula is C60H39NS. The van der Waals surface area contributed by atoms with Crippen LogP contribution in [0.4, 0.5) is 17.1 Å². The molecule has 0 aliphatic carbocycles. The number of benzene rings is 11. The molecule has 1 heterocycles. The van der Waals surface area contributed by atoms with E-state index in [1.807, 2.05) is 11.3 Å². The number of thiophene rings is 1. The summed E-state index contributed by atoms with van der Waals surface area (Å²) in [5, 5.41) is 10.1. The van der Waals surface area contributed by atoms with Gasteiger partial charge in [-0.2, -0.15) is 0 Å². The van der Waals surface area contributed by atoms with E-state index in [0.717, 1.165) is 22.6 Å². The maximum Gasteiger partial charge on any atom is 0.0546 e. The lowest BCUT2D eigenvalue weighted by atomic mass is 9.91. The van der Waals surface area contributed by atoms with Crippen molar-refractivity contribution in [2.45, 2.75) is 0 Å². The van der Waals surface area contributed by atoms with Crippen molar-refractivity contribution in [3.05, 3.63) is 237 Å². The van der Waals surface area contributed by atoms with Crippen molar-refractivity contribution >= 4 is 80.9 Å². The number of anilines is 3. The van der Waals surface area contributed by atoms with Crippen molar-refractivity contribution in [1.29, 1.82) is 0 Å². The number of hydrogen-bond acceptors (Lipinski definition) is 2. The van der Waals surface area contributed by atoms with Crippen LogP contribution in [0.2, 0.25) is 0 Å². The predicted molar refractivity (Wildman–Crippen MR) is 268 cm³/mol. The molecule has 0 unspecified atom stereocenters. The lowest BCUT2D eigenvalue weighted by Gasteiger charge is -2.29. The first-order chi connectivity index (χ1) is 30.7. The smallest absolute Gasteiger partial charge is 0.0546 e. The summed E-state index contributed by atoms with van der Waals surface area (Å²) in [6.07, 6.45) is 0. The molecule has 0 aliphatic heterocycles. The zero-order valence-corrected chi connectivity index (χ0v) is 34.7. The van der Waals surface area contributed by atoms with Crippen LogP contribution in [0.1, 0.15) is 0 Å². The van der Waals surface area contributed by atoms with Gasteiger partial charge in [0, 0.05) is 37.1 Å². The Balaban J connectivity index is 1.05. The summed E-state index contributed by atoms with van der Waals surface area (Å²) in [6, 6.07) is 86.9. The fourth-order valence-corrected chi connectivity index (χ4v) is 10.5. The van der Waals surface area contributed by atoms with Crippen LogP contribution in [-0.2, 0) is 0 Å². The first-order valence-electron chi connectivity index (χ1n) is 21.2. The zero-order chi connectivity index (χ0) is 41.0. The molecule has 0 atom stereocenters. The SMILES string of the molecule is c1ccc(-c2ccc(-c3cc4ccccc4c4ccccc34)cc2N(c2ccc(-c3ccc4sc5ccccc5c4c3)cc2)c2ccc(-c3cccc4ccccc34)cc2)cc1. The Morgan fingerprint density at radius 3 is 1.61 bits per heavy atom. The quantitative estimate of drug-likeness (QED) is 0.145. The fourth-order valence-electron chi connectivity index (χ4n) is 9.44. The standard InChI is InChI=1S/C60H39NS/c1-2-13-42(14-3-1)52-35-29-46(56-38-45-16-5-7-19-51(45)53-20-8-9-21-54(53)56)39-58(52)61(48-33-27-43(28-34-48)50-23-12-17-41-15-4-6-18-49(41)50)47-31-25-40(26-32-47)44-30-36-60-57(37-44)55-22-10-11-24-59(55)62-60/h1-39H. The molecule has 12 rings (SSSR count). The fraction of sp³-hybridized carbons (Fsp3) is 0. The molecule has 0 amide bonds. The van der Waals surface area contributed by atoms with Crippen molar-refractivity contribution in [2.24, 2.45) is 0 Å². The summed E-state index contributed by atoms with van der Waals surface area (Å²) >= 11 is 1.86. The second kappa shape index (κ2) is 15.0. The molecule has 0 saturated heterocycles. The van der Waals surface area contributed by atoms with Crippen LogP contribution < -0.4 is 4.90 Å². The van der Waals surface area contributed by atoms with E-state index in [4.69, 9.17) is 0 Å². The Morgan fingerprint density at radius 2 is 0.823 bits per heavy atom. The first kappa shape index (κ1) is 36.1. The molecule has 290 valence electrons. The highest BCUT2D eigenvalue weighted by molar-refractivity contribution is 7.25. The average Bonchev–Trinajstić information content (AvgIpc) is 3.72. The zero-order valence-electron chi connectivity index (χ0n) is 33.9. The average molecular weight is 806 g/mol. The largest absolute Gasteiger partial charge is 0.310 e. The molecule has 12 aromatic rings. The van der Waals surface area contributed by atoms with E-state index >= 15 is 0 Å². The van der Waals surface area contributed by atoms with Crippen LogP contribution in [0.15, 0.2) is 237 Å². The lowest BCUT2D eigenvalue weighted by molar-refractivity contribution is 1.28. The monoisotopic (exact) mass is 805 g/mol. The third kappa shape index (κ3) is 6.24. The summed E-state index contributed by atoms with van der Waals surface area (Å²) in [4.78, 5) is 2.45. The Labute approximate surface area is 365 Å². The van der Waals surface area contributed by atoms with Gasteiger partial charge in [-0.1, -0.05) is 182 Å². The molecule has 11 aromatic carbocycles. The Hall–Kier alpha value is -7.78. The summed E-state index contributed by atoms with van der Waals surface area (Å²) in [7, 11) is 0. The van der Waals surface area contributed by atoms with Gasteiger partial charge in [-0.05, 0) is 126 Å². The van der Waals surface area contributed by atoms with E-state index in [0.29, 0.717) is 0 Å². The normalized spacial score (nSPS) is 11.5. The summed E-state index contributed by atoms with van der Waals surface area (Å²) in [6.45, 7) is 0. The van der Waals surface area contributed by atoms with Gasteiger partial charge in [0.2, 0.25) is 0 Å². The molecule has 0 aliphatic rings. The van der Waals surface area contributed by atoms with E-state index in [1.54, 1.807) is 0 Å². The summed E-state index contributed by atoms with van der Waals surface area (Å²) in [5.74, 6) is 0. The predicted octanol–water partition coefficient (Wildman–Crippen LogP) is 17.7. The number of hydrogen-bond donors (Lipinski definition) is 0. The van der Waals surface area contributed by atoms with Crippen LogP contribution in [0.3, 0.4) is 0 Å². The highest BCUT2D eigenvalue weighted by Gasteiger charge is 2.20. The molecule has 2 heteroatoms. The van der Waals surface area contributed by atoms with Crippen molar-refractivity contribution < 1.29 is 0 Å². The molecule has 0 bridgehead atoms. The molecule has 1 aromatic heterocycles. The van der Waals surface area contributed by atoms with Crippen LogP contribution in [0.5, 0.6) is 0 Å². The third-order valence-electron chi connectivity index (χ3n) is 12.5. The highest BCUT2D eigenvalue weighted by atomic mass is 32.1. The van der Waals surface area contributed by atoms with Crippen molar-refractivity contribution in [3.8, 4) is 44.5 Å². The van der Waals surface area contributed by atoms with Crippen molar-refractivity contribution in [3.63, 3.8) is 0 Å². The van der Waals surface area contributed by atoms with Gasteiger partial charge < -0.3 is 4.90 Å². The van der Waals surface area contributed by atoms with Gasteiger partial charge in [0.25, 0.3) is 0 Å². The number of rotatable bonds is 7. The molecular weight excluding hydrogens is 767 g/mol. The van der Waals surface area contributed by atoms with Gasteiger partial charge >= 0.3 is 0 Å². The van der Waals surface area contributed by atoms with E-state index in [9.17, 15) is 0 Å². The Kier molecular flexibility index (Phi) is 8.76. The molecule has 62 heavy (non-hydrogen) atoms. The van der Waals surface area contributed by atoms with Gasteiger partial charge in [0.15, 0.2) is 0 Å². The number of fused-ring (bicyclic) bond motifs is 7. The first-order valence-corrected chi connectivity index (χ1v) is 22.1. The molecule has 1 nitrogen and oxygen atoms in total. The second-order valence-corrected chi connectivity index (χ2v) is 17.1. The van der Waals surface area contributed by atoms with Crippen molar-refractivity contribution in [1.82, 2.24) is 0 Å². The van der Waals surface area contributed by atoms with Gasteiger partial charge in [-0.15, -0.1) is 11.3 Å². The van der Waals surface area contributed by atoms with E-state index < -0.39 is 0 Å². The van der Waals surface area contributed by atoms with Gasteiger partial charge in [-0.25, -0.2) is 0 Å². The minimum atomic E-state index is 1.09. The van der Waals surface area contributed by atoms with Crippen molar-refractivity contribution in [2.75, 3.05) is 4.90 Å². The molecule has 0 saturated carbocycles. The molecule has 0 fully saturated rings. The van der Waals surface area contributed by atoms with E-state index in [2.05, 4.69) is 241 Å². The third-order valence-corrected chi connectivity index (χ3v) is 13.6. The maximum absolute atomic E-state index is 2.45. The Bertz CT molecular complexity index is 3610. The highest BCUT2D eigenvalue weighted by Crippen LogP contribution is 2.46. The minimum absolute atomic E-state index is 1.09. The van der Waals surface area contributed by atoms with Crippen LogP contribution in [0.25, 0.3) is 97.0 Å². The van der Waals surface area contributed by atoms with Gasteiger partial charge in [-0.3, -0.25) is 0 Å². The molecule has 0 radical (unpaired) electrons. The van der Waals surface area contributed by atoms with E-state index in [1.165, 1.54) is 91.4 Å². The second-order valence-electron chi connectivity index (χ2n) is 16.1. The van der Waals surface area contributed by atoms with Gasteiger partial charge in [0.05, 0.1) is 5.69 Å². The number of nitrogens with zero attached hydrogens (tertiary/aromatic N) is 1. The summed E-state index contributed by atoms with van der Waals surface area (Å²) in [5.41, 5.74) is 12.8.